The molecule has 4 nitrogen and oxygen atoms in total. The van der Waals surface area contributed by atoms with E-state index in [4.69, 9.17) is 4.74 Å². The number of rotatable bonds is 5. The molecule has 0 aromatic heterocycles. The molecular formula is C19H23ClN2O2. The van der Waals surface area contributed by atoms with Crippen LogP contribution in [0.2, 0.25) is 0 Å². The average molecular weight is 347 g/mol. The summed E-state index contributed by atoms with van der Waals surface area (Å²) in [5.74, 6) is 1.63. The molecular weight excluding hydrogens is 324 g/mol. The van der Waals surface area contributed by atoms with Crippen molar-refractivity contribution in [3.63, 3.8) is 0 Å². The van der Waals surface area contributed by atoms with Gasteiger partial charge in [-0.3, -0.25) is 4.79 Å². The lowest BCUT2D eigenvalue weighted by Crippen LogP contribution is -2.40. The predicted octanol–water partition coefficient (Wildman–Crippen LogP) is 3.72. The number of likely N-dealkylation sites (N-methyl/N-ethyl adjacent to an activating group) is 1. The van der Waals surface area contributed by atoms with Crippen molar-refractivity contribution in [2.75, 3.05) is 20.1 Å². The summed E-state index contributed by atoms with van der Waals surface area (Å²) >= 11 is 0. The van der Waals surface area contributed by atoms with Crippen molar-refractivity contribution in [3.05, 3.63) is 60.2 Å². The fourth-order valence-electron chi connectivity index (χ4n) is 3.01. The lowest BCUT2D eigenvalue weighted by atomic mass is 10.1. The Labute approximate surface area is 149 Å². The van der Waals surface area contributed by atoms with Crippen LogP contribution in [0.4, 0.5) is 0 Å². The van der Waals surface area contributed by atoms with Gasteiger partial charge in [0.05, 0.1) is 0 Å². The lowest BCUT2D eigenvalue weighted by molar-refractivity contribution is 0.0737. The molecule has 24 heavy (non-hydrogen) atoms. The van der Waals surface area contributed by atoms with Crippen LogP contribution < -0.4 is 10.1 Å². The molecule has 5 heteroatoms. The summed E-state index contributed by atoms with van der Waals surface area (Å²) in [6, 6.07) is 17.3. The van der Waals surface area contributed by atoms with E-state index in [0.29, 0.717) is 11.6 Å². The minimum Gasteiger partial charge on any atom is -0.457 e. The maximum atomic E-state index is 12.7. The van der Waals surface area contributed by atoms with Gasteiger partial charge >= 0.3 is 0 Å². The number of nitrogens with one attached hydrogen (secondary N) is 1. The van der Waals surface area contributed by atoms with E-state index in [-0.39, 0.29) is 18.3 Å². The molecule has 1 aliphatic rings. The van der Waals surface area contributed by atoms with Crippen molar-refractivity contribution < 1.29 is 9.53 Å². The number of likely N-dealkylation sites (tertiary alicyclic amines) is 1. The summed E-state index contributed by atoms with van der Waals surface area (Å²) in [6.07, 6.45) is 2.15. The number of para-hydroxylation sites is 1. The van der Waals surface area contributed by atoms with Crippen molar-refractivity contribution in [2.24, 2.45) is 0 Å². The number of benzene rings is 2. The molecule has 0 radical (unpaired) electrons. The molecule has 2 aromatic rings. The fourth-order valence-corrected chi connectivity index (χ4v) is 3.01. The molecule has 1 unspecified atom stereocenters. The molecule has 1 atom stereocenters. The number of hydrogen-bond acceptors (Lipinski definition) is 3. The quantitative estimate of drug-likeness (QED) is 0.897. The van der Waals surface area contributed by atoms with Crippen LogP contribution in [0.5, 0.6) is 11.5 Å². The van der Waals surface area contributed by atoms with Gasteiger partial charge in [0.1, 0.15) is 11.5 Å². The van der Waals surface area contributed by atoms with Gasteiger partial charge in [-0.05, 0) is 56.3 Å². The molecule has 1 aliphatic heterocycles. The Bertz CT molecular complexity index is 646. The third kappa shape index (κ3) is 4.28. The monoisotopic (exact) mass is 346 g/mol. The van der Waals surface area contributed by atoms with Crippen molar-refractivity contribution >= 4 is 18.3 Å². The first-order valence-corrected chi connectivity index (χ1v) is 8.06. The zero-order valence-electron chi connectivity index (χ0n) is 13.8. The van der Waals surface area contributed by atoms with E-state index in [0.717, 1.165) is 37.4 Å². The van der Waals surface area contributed by atoms with Crippen molar-refractivity contribution in [2.45, 2.75) is 18.9 Å². The Balaban J connectivity index is 0.00000208. The third-order valence-corrected chi connectivity index (χ3v) is 4.16. The van der Waals surface area contributed by atoms with E-state index in [2.05, 4.69) is 5.32 Å². The van der Waals surface area contributed by atoms with Crippen LogP contribution in [0.25, 0.3) is 0 Å². The van der Waals surface area contributed by atoms with E-state index in [1.165, 1.54) is 0 Å². The van der Waals surface area contributed by atoms with Gasteiger partial charge in [-0.15, -0.1) is 12.4 Å². The first-order chi connectivity index (χ1) is 11.3. The fraction of sp³-hybridized carbons (Fsp3) is 0.316. The number of amides is 1. The SMILES string of the molecule is CNCC1CCCN1C(=O)c1ccc(Oc2ccccc2)cc1.Cl. The Hall–Kier alpha value is -2.04. The molecule has 3 rings (SSSR count). The lowest BCUT2D eigenvalue weighted by Gasteiger charge is -2.24. The maximum Gasteiger partial charge on any atom is 0.254 e. The van der Waals surface area contributed by atoms with Crippen LogP contribution >= 0.6 is 12.4 Å². The summed E-state index contributed by atoms with van der Waals surface area (Å²) in [6.45, 7) is 1.69. The normalized spacial score (nSPS) is 16.5. The van der Waals surface area contributed by atoms with E-state index >= 15 is 0 Å². The molecule has 0 aliphatic carbocycles. The van der Waals surface area contributed by atoms with E-state index in [1.54, 1.807) is 0 Å². The van der Waals surface area contributed by atoms with Crippen LogP contribution in [0.15, 0.2) is 54.6 Å². The zero-order chi connectivity index (χ0) is 16.1. The van der Waals surface area contributed by atoms with E-state index in [1.807, 2.05) is 66.5 Å². The molecule has 0 spiro atoms. The van der Waals surface area contributed by atoms with Gasteiger partial charge in [0.2, 0.25) is 0 Å². The van der Waals surface area contributed by atoms with Gasteiger partial charge in [0.15, 0.2) is 0 Å². The molecule has 1 heterocycles. The highest BCUT2D eigenvalue weighted by Gasteiger charge is 2.28. The third-order valence-electron chi connectivity index (χ3n) is 4.16. The number of halogens is 1. The summed E-state index contributed by atoms with van der Waals surface area (Å²) in [5, 5.41) is 3.17. The van der Waals surface area contributed by atoms with Gasteiger partial charge in [0, 0.05) is 24.7 Å². The van der Waals surface area contributed by atoms with Crippen LogP contribution in [-0.2, 0) is 0 Å². The first-order valence-electron chi connectivity index (χ1n) is 8.06. The van der Waals surface area contributed by atoms with E-state index < -0.39 is 0 Å². The van der Waals surface area contributed by atoms with Crippen LogP contribution in [-0.4, -0.2) is 37.0 Å². The number of carbonyl (C=O) groups is 1. The zero-order valence-corrected chi connectivity index (χ0v) is 14.6. The molecule has 0 bridgehead atoms. The largest absolute Gasteiger partial charge is 0.457 e. The Kier molecular flexibility index (Phi) is 6.64. The minimum atomic E-state index is 0. The molecule has 0 saturated carbocycles. The minimum absolute atomic E-state index is 0. The molecule has 128 valence electrons. The van der Waals surface area contributed by atoms with Crippen LogP contribution in [0.1, 0.15) is 23.2 Å². The summed E-state index contributed by atoms with van der Waals surface area (Å²) in [4.78, 5) is 14.6. The highest BCUT2D eigenvalue weighted by molar-refractivity contribution is 5.94. The molecule has 1 amide bonds. The maximum absolute atomic E-state index is 12.7. The van der Waals surface area contributed by atoms with Gasteiger partial charge in [-0.25, -0.2) is 0 Å². The van der Waals surface area contributed by atoms with Gasteiger partial charge in [-0.2, -0.15) is 0 Å². The van der Waals surface area contributed by atoms with Gasteiger partial charge in [0.25, 0.3) is 5.91 Å². The van der Waals surface area contributed by atoms with E-state index in [9.17, 15) is 4.79 Å². The van der Waals surface area contributed by atoms with Crippen molar-refractivity contribution in [3.8, 4) is 11.5 Å². The summed E-state index contributed by atoms with van der Waals surface area (Å²) in [5.41, 5.74) is 0.716. The Morgan fingerprint density at radius 1 is 1.12 bits per heavy atom. The summed E-state index contributed by atoms with van der Waals surface area (Å²) in [7, 11) is 1.93. The topological polar surface area (TPSA) is 41.6 Å². The number of ether oxygens (including phenoxy) is 1. The smallest absolute Gasteiger partial charge is 0.254 e. The highest BCUT2D eigenvalue weighted by atomic mass is 35.5. The molecule has 2 aromatic carbocycles. The standard InChI is InChI=1S/C19H22N2O2.ClH/c1-20-14-16-6-5-13-21(16)19(22)15-9-11-18(12-10-15)23-17-7-3-2-4-8-17;/h2-4,7-12,16,20H,5-6,13-14H2,1H3;1H. The Morgan fingerprint density at radius 3 is 2.46 bits per heavy atom. The average Bonchev–Trinajstić information content (AvgIpc) is 3.04. The number of nitrogens with zero attached hydrogens (tertiary/aromatic N) is 1. The van der Waals surface area contributed by atoms with Gasteiger partial charge < -0.3 is 15.0 Å². The number of carbonyl (C=O) groups excluding carboxylic acids is 1. The predicted molar refractivity (Wildman–Crippen MR) is 98.2 cm³/mol. The first kappa shape index (κ1) is 18.3. The number of hydrogen-bond donors (Lipinski definition) is 1. The molecule has 1 N–H and O–H groups in total. The van der Waals surface area contributed by atoms with Crippen LogP contribution in [0.3, 0.4) is 0 Å². The highest BCUT2D eigenvalue weighted by Crippen LogP contribution is 2.23. The van der Waals surface area contributed by atoms with Gasteiger partial charge in [-0.1, -0.05) is 18.2 Å². The summed E-state index contributed by atoms with van der Waals surface area (Å²) < 4.78 is 5.76. The van der Waals surface area contributed by atoms with Crippen molar-refractivity contribution in [1.29, 1.82) is 0 Å². The van der Waals surface area contributed by atoms with Crippen LogP contribution in [0, 0.1) is 0 Å². The Morgan fingerprint density at radius 2 is 1.79 bits per heavy atom. The second-order valence-corrected chi connectivity index (χ2v) is 5.79. The molecule has 1 saturated heterocycles. The van der Waals surface area contributed by atoms with Crippen molar-refractivity contribution in [1.82, 2.24) is 10.2 Å². The second-order valence-electron chi connectivity index (χ2n) is 5.79. The second kappa shape index (κ2) is 8.71. The molecule has 1 fully saturated rings.